The fraction of sp³-hybridized carbons (Fsp3) is 0.471. The summed E-state index contributed by atoms with van der Waals surface area (Å²) in [6, 6.07) is 7.94. The SMILES string of the molecule is CCOC(CC)(CC)C(O)c1cccc2ccncc12. The highest BCUT2D eigenvalue weighted by molar-refractivity contribution is 5.85. The molecule has 3 heteroatoms. The lowest BCUT2D eigenvalue weighted by atomic mass is 9.84. The Morgan fingerprint density at radius 3 is 2.60 bits per heavy atom. The van der Waals surface area contributed by atoms with Crippen LogP contribution in [-0.2, 0) is 4.74 Å². The molecule has 0 saturated heterocycles. The zero-order valence-electron chi connectivity index (χ0n) is 12.5. The van der Waals surface area contributed by atoms with Gasteiger partial charge in [-0.05, 0) is 36.8 Å². The number of pyridine rings is 1. The molecule has 1 aromatic heterocycles. The molecule has 0 aliphatic heterocycles. The van der Waals surface area contributed by atoms with Crippen LogP contribution in [0, 0.1) is 0 Å². The molecule has 1 N–H and O–H groups in total. The first-order chi connectivity index (χ1) is 9.68. The van der Waals surface area contributed by atoms with Gasteiger partial charge in [0.2, 0.25) is 0 Å². The van der Waals surface area contributed by atoms with E-state index in [9.17, 15) is 5.11 Å². The number of rotatable bonds is 6. The van der Waals surface area contributed by atoms with Crippen molar-refractivity contribution in [2.75, 3.05) is 6.61 Å². The van der Waals surface area contributed by atoms with Crippen LogP contribution in [-0.4, -0.2) is 22.3 Å². The fourth-order valence-electron chi connectivity index (χ4n) is 2.87. The summed E-state index contributed by atoms with van der Waals surface area (Å²) in [5.74, 6) is 0. The van der Waals surface area contributed by atoms with Crippen LogP contribution in [0.15, 0.2) is 36.7 Å². The van der Waals surface area contributed by atoms with E-state index in [1.165, 1.54) is 0 Å². The molecule has 1 aromatic carbocycles. The molecule has 0 fully saturated rings. The minimum Gasteiger partial charge on any atom is -0.385 e. The molecule has 0 radical (unpaired) electrons. The van der Waals surface area contributed by atoms with E-state index < -0.39 is 11.7 Å². The number of aliphatic hydroxyl groups excluding tert-OH is 1. The van der Waals surface area contributed by atoms with E-state index in [4.69, 9.17) is 4.74 Å². The normalized spacial score (nSPS) is 13.6. The zero-order chi connectivity index (χ0) is 14.6. The standard InChI is InChI=1S/C17H23NO2/c1-4-17(5-2,20-6-3)16(19)14-9-7-8-13-10-11-18-12-15(13)14/h7-12,16,19H,4-6H2,1-3H3. The second-order valence-electron chi connectivity index (χ2n) is 5.05. The topological polar surface area (TPSA) is 42.4 Å². The van der Waals surface area contributed by atoms with Crippen molar-refractivity contribution in [1.29, 1.82) is 0 Å². The third-order valence-electron chi connectivity index (χ3n) is 4.14. The van der Waals surface area contributed by atoms with Crippen molar-refractivity contribution in [2.45, 2.75) is 45.3 Å². The second-order valence-corrected chi connectivity index (χ2v) is 5.05. The number of hydrogen-bond donors (Lipinski definition) is 1. The quantitative estimate of drug-likeness (QED) is 0.869. The van der Waals surface area contributed by atoms with Crippen LogP contribution in [0.25, 0.3) is 10.8 Å². The third-order valence-corrected chi connectivity index (χ3v) is 4.14. The van der Waals surface area contributed by atoms with Crippen molar-refractivity contribution >= 4 is 10.8 Å². The molecule has 1 heterocycles. The monoisotopic (exact) mass is 273 g/mol. The Bertz CT molecular complexity index is 558. The summed E-state index contributed by atoms with van der Waals surface area (Å²) >= 11 is 0. The number of ether oxygens (including phenoxy) is 1. The number of aliphatic hydroxyl groups is 1. The number of benzene rings is 1. The van der Waals surface area contributed by atoms with Crippen molar-refractivity contribution in [2.24, 2.45) is 0 Å². The van der Waals surface area contributed by atoms with Crippen LogP contribution < -0.4 is 0 Å². The lowest BCUT2D eigenvalue weighted by molar-refractivity contribution is -0.127. The lowest BCUT2D eigenvalue weighted by Crippen LogP contribution is -2.38. The predicted octanol–water partition coefficient (Wildman–Crippen LogP) is 3.86. The highest BCUT2D eigenvalue weighted by atomic mass is 16.5. The van der Waals surface area contributed by atoms with Crippen LogP contribution in [0.5, 0.6) is 0 Å². The summed E-state index contributed by atoms with van der Waals surface area (Å²) in [5.41, 5.74) is 0.367. The average Bonchev–Trinajstić information content (AvgIpc) is 2.51. The summed E-state index contributed by atoms with van der Waals surface area (Å²) in [5, 5.41) is 13.0. The van der Waals surface area contributed by atoms with Gasteiger partial charge in [0.05, 0.1) is 5.60 Å². The van der Waals surface area contributed by atoms with Gasteiger partial charge in [0, 0.05) is 24.4 Å². The first kappa shape index (κ1) is 14.9. The molecule has 1 atom stereocenters. The summed E-state index contributed by atoms with van der Waals surface area (Å²) in [4.78, 5) is 4.18. The third kappa shape index (κ3) is 2.56. The Morgan fingerprint density at radius 1 is 1.20 bits per heavy atom. The second kappa shape index (κ2) is 6.33. The summed E-state index contributed by atoms with van der Waals surface area (Å²) in [7, 11) is 0. The molecule has 1 unspecified atom stereocenters. The van der Waals surface area contributed by atoms with Crippen LogP contribution in [0.2, 0.25) is 0 Å². The molecule has 2 rings (SSSR count). The zero-order valence-corrected chi connectivity index (χ0v) is 12.5. The number of nitrogens with zero attached hydrogens (tertiary/aromatic N) is 1. The van der Waals surface area contributed by atoms with Crippen LogP contribution in [0.1, 0.15) is 45.3 Å². The molecule has 0 aliphatic rings. The van der Waals surface area contributed by atoms with Gasteiger partial charge < -0.3 is 9.84 Å². The van der Waals surface area contributed by atoms with E-state index in [0.29, 0.717) is 6.61 Å². The lowest BCUT2D eigenvalue weighted by Gasteiger charge is -2.37. The smallest absolute Gasteiger partial charge is 0.109 e. The van der Waals surface area contributed by atoms with Crippen molar-refractivity contribution in [1.82, 2.24) is 4.98 Å². The Kier molecular flexibility index (Phi) is 4.73. The Balaban J connectivity index is 2.51. The van der Waals surface area contributed by atoms with Gasteiger partial charge >= 0.3 is 0 Å². The van der Waals surface area contributed by atoms with E-state index in [2.05, 4.69) is 18.8 Å². The molecule has 108 valence electrons. The molecule has 0 amide bonds. The number of fused-ring (bicyclic) bond motifs is 1. The molecule has 0 saturated carbocycles. The van der Waals surface area contributed by atoms with E-state index >= 15 is 0 Å². The van der Waals surface area contributed by atoms with Crippen LogP contribution >= 0.6 is 0 Å². The molecule has 0 aliphatic carbocycles. The van der Waals surface area contributed by atoms with E-state index in [1.54, 1.807) is 6.20 Å². The van der Waals surface area contributed by atoms with E-state index in [1.807, 2.05) is 37.4 Å². The summed E-state index contributed by atoms with van der Waals surface area (Å²) < 4.78 is 5.92. The van der Waals surface area contributed by atoms with Crippen molar-refractivity contribution < 1.29 is 9.84 Å². The van der Waals surface area contributed by atoms with Gasteiger partial charge in [-0.25, -0.2) is 0 Å². The number of hydrogen-bond acceptors (Lipinski definition) is 3. The predicted molar refractivity (Wildman–Crippen MR) is 81.6 cm³/mol. The summed E-state index contributed by atoms with van der Waals surface area (Å²) in [6.07, 6.45) is 4.49. The molecule has 0 spiro atoms. The van der Waals surface area contributed by atoms with Gasteiger partial charge in [0.25, 0.3) is 0 Å². The maximum absolute atomic E-state index is 10.9. The molecular formula is C17H23NO2. The van der Waals surface area contributed by atoms with E-state index in [0.717, 1.165) is 29.2 Å². The highest BCUT2D eigenvalue weighted by Gasteiger charge is 2.37. The van der Waals surface area contributed by atoms with Gasteiger partial charge in [-0.2, -0.15) is 0 Å². The van der Waals surface area contributed by atoms with Gasteiger partial charge in [0.15, 0.2) is 0 Å². The largest absolute Gasteiger partial charge is 0.385 e. The maximum Gasteiger partial charge on any atom is 0.109 e. The summed E-state index contributed by atoms with van der Waals surface area (Å²) in [6.45, 7) is 6.69. The van der Waals surface area contributed by atoms with Gasteiger partial charge in [-0.15, -0.1) is 0 Å². The first-order valence-corrected chi connectivity index (χ1v) is 7.33. The fourth-order valence-corrected chi connectivity index (χ4v) is 2.87. The molecule has 20 heavy (non-hydrogen) atoms. The minimum atomic E-state index is -0.648. The van der Waals surface area contributed by atoms with Crippen molar-refractivity contribution in [3.05, 3.63) is 42.2 Å². The average molecular weight is 273 g/mol. The molecular weight excluding hydrogens is 250 g/mol. The number of aromatic nitrogens is 1. The molecule has 2 aromatic rings. The Morgan fingerprint density at radius 2 is 1.95 bits per heavy atom. The minimum absolute atomic E-state index is 0.529. The van der Waals surface area contributed by atoms with Gasteiger partial charge in [-0.1, -0.05) is 32.0 Å². The van der Waals surface area contributed by atoms with Crippen molar-refractivity contribution in [3.63, 3.8) is 0 Å². The maximum atomic E-state index is 10.9. The Labute approximate surface area is 120 Å². The first-order valence-electron chi connectivity index (χ1n) is 7.33. The Hall–Kier alpha value is -1.45. The highest BCUT2D eigenvalue weighted by Crippen LogP contribution is 2.37. The van der Waals surface area contributed by atoms with Gasteiger partial charge in [-0.3, -0.25) is 4.98 Å². The molecule has 3 nitrogen and oxygen atoms in total. The van der Waals surface area contributed by atoms with E-state index in [-0.39, 0.29) is 0 Å². The van der Waals surface area contributed by atoms with Crippen LogP contribution in [0.3, 0.4) is 0 Å². The van der Waals surface area contributed by atoms with Crippen LogP contribution in [0.4, 0.5) is 0 Å². The molecule has 0 bridgehead atoms. The van der Waals surface area contributed by atoms with Gasteiger partial charge in [0.1, 0.15) is 6.10 Å². The van der Waals surface area contributed by atoms with Crippen molar-refractivity contribution in [3.8, 4) is 0 Å².